The van der Waals surface area contributed by atoms with Gasteiger partial charge in [-0.15, -0.1) is 0 Å². The monoisotopic (exact) mass is 220 g/mol. The second kappa shape index (κ2) is 5.69. The lowest BCUT2D eigenvalue weighted by atomic mass is 9.82. The van der Waals surface area contributed by atoms with Gasteiger partial charge < -0.3 is 9.53 Å². The molecular weight excluding hydrogens is 200 g/mol. The molecule has 1 rings (SSSR count). The molecule has 2 heteroatoms. The Morgan fingerprint density at radius 2 is 1.88 bits per heavy atom. The molecule has 2 nitrogen and oxygen atoms in total. The molecule has 1 aromatic carbocycles. The smallest absolute Gasteiger partial charge is 0.123 e. The number of benzene rings is 1. The highest BCUT2D eigenvalue weighted by molar-refractivity contribution is 5.49. The van der Waals surface area contributed by atoms with Crippen LogP contribution in [0.5, 0.6) is 5.75 Å². The van der Waals surface area contributed by atoms with E-state index < -0.39 is 0 Å². The predicted molar refractivity (Wildman–Crippen MR) is 65.9 cm³/mol. The minimum absolute atomic E-state index is 0.210. The van der Waals surface area contributed by atoms with E-state index in [0.717, 1.165) is 18.5 Å². The van der Waals surface area contributed by atoms with Crippen LogP contribution in [0, 0.1) is 0 Å². The summed E-state index contributed by atoms with van der Waals surface area (Å²) in [6, 6.07) is 8.13. The van der Waals surface area contributed by atoms with Crippen molar-refractivity contribution in [1.29, 1.82) is 0 Å². The summed E-state index contributed by atoms with van der Waals surface area (Å²) < 4.78 is 5.42. The maximum atomic E-state index is 10.1. The van der Waals surface area contributed by atoms with Gasteiger partial charge in [0, 0.05) is 6.42 Å². The van der Waals surface area contributed by atoms with Crippen molar-refractivity contribution in [2.24, 2.45) is 0 Å². The van der Waals surface area contributed by atoms with Gasteiger partial charge in [-0.05, 0) is 29.5 Å². The van der Waals surface area contributed by atoms with E-state index in [1.807, 2.05) is 12.1 Å². The Bertz CT molecular complexity index is 325. The Morgan fingerprint density at radius 1 is 1.25 bits per heavy atom. The van der Waals surface area contributed by atoms with Gasteiger partial charge in [0.15, 0.2) is 0 Å². The molecule has 16 heavy (non-hydrogen) atoms. The van der Waals surface area contributed by atoms with Crippen molar-refractivity contribution in [2.75, 3.05) is 6.61 Å². The molecule has 0 radical (unpaired) electrons. The maximum Gasteiger partial charge on any atom is 0.123 e. The first-order valence-electron chi connectivity index (χ1n) is 5.77. The van der Waals surface area contributed by atoms with Crippen molar-refractivity contribution in [3.8, 4) is 5.75 Å². The molecule has 0 N–H and O–H groups in total. The number of aldehydes is 1. The van der Waals surface area contributed by atoms with Crippen LogP contribution in [0.2, 0.25) is 0 Å². The van der Waals surface area contributed by atoms with Crippen LogP contribution in [0.15, 0.2) is 24.3 Å². The van der Waals surface area contributed by atoms with Crippen molar-refractivity contribution in [2.45, 2.75) is 39.0 Å². The van der Waals surface area contributed by atoms with E-state index in [1.165, 1.54) is 5.56 Å². The minimum atomic E-state index is 0.210. The molecule has 0 heterocycles. The summed E-state index contributed by atoms with van der Waals surface area (Å²) >= 11 is 0. The first-order valence-corrected chi connectivity index (χ1v) is 5.77. The predicted octanol–water partition coefficient (Wildman–Crippen LogP) is 3.34. The number of ether oxygens (including phenoxy) is 1. The third kappa shape index (κ3) is 3.37. The summed E-state index contributed by atoms with van der Waals surface area (Å²) in [5.74, 6) is 0.831. The quantitative estimate of drug-likeness (QED) is 0.543. The van der Waals surface area contributed by atoms with Crippen LogP contribution in [-0.2, 0) is 10.2 Å². The van der Waals surface area contributed by atoms with Gasteiger partial charge in [0.25, 0.3) is 0 Å². The van der Waals surface area contributed by atoms with E-state index in [4.69, 9.17) is 4.74 Å². The molecule has 0 aliphatic heterocycles. The van der Waals surface area contributed by atoms with Crippen LogP contribution in [0.25, 0.3) is 0 Å². The fraction of sp³-hybridized carbons (Fsp3) is 0.500. The van der Waals surface area contributed by atoms with Crippen LogP contribution in [0.1, 0.15) is 39.2 Å². The summed E-state index contributed by atoms with van der Waals surface area (Å²) in [5.41, 5.74) is 1.53. The van der Waals surface area contributed by atoms with E-state index in [-0.39, 0.29) is 5.41 Å². The van der Waals surface area contributed by atoms with Crippen LogP contribution >= 0.6 is 0 Å². The second-order valence-electron chi connectivity index (χ2n) is 4.57. The van der Waals surface area contributed by atoms with Crippen LogP contribution in [0.3, 0.4) is 0 Å². The Labute approximate surface area is 97.6 Å². The fourth-order valence-electron chi connectivity index (χ4n) is 1.43. The van der Waals surface area contributed by atoms with Crippen molar-refractivity contribution < 1.29 is 9.53 Å². The van der Waals surface area contributed by atoms with Crippen LogP contribution in [0.4, 0.5) is 0 Å². The highest BCUT2D eigenvalue weighted by atomic mass is 16.5. The van der Waals surface area contributed by atoms with E-state index in [1.54, 1.807) is 0 Å². The van der Waals surface area contributed by atoms with E-state index in [9.17, 15) is 4.79 Å². The Hall–Kier alpha value is -1.31. The molecular formula is C14H20O2. The fourth-order valence-corrected chi connectivity index (χ4v) is 1.43. The molecule has 0 saturated carbocycles. The summed E-state index contributed by atoms with van der Waals surface area (Å²) in [5, 5.41) is 0. The second-order valence-corrected chi connectivity index (χ2v) is 4.57. The Morgan fingerprint density at radius 3 is 2.38 bits per heavy atom. The highest BCUT2D eigenvalue weighted by Gasteiger charge is 2.17. The average molecular weight is 220 g/mol. The van der Waals surface area contributed by atoms with Crippen molar-refractivity contribution in [3.63, 3.8) is 0 Å². The third-order valence-electron chi connectivity index (χ3n) is 3.02. The van der Waals surface area contributed by atoms with Crippen molar-refractivity contribution >= 4 is 6.29 Å². The molecule has 0 saturated heterocycles. The topological polar surface area (TPSA) is 26.3 Å². The molecule has 88 valence electrons. The third-order valence-corrected chi connectivity index (χ3v) is 3.02. The molecule has 0 bridgehead atoms. The Balaban J connectivity index is 2.64. The zero-order valence-electron chi connectivity index (χ0n) is 10.3. The summed E-state index contributed by atoms with van der Waals surface area (Å²) in [4.78, 5) is 10.1. The average Bonchev–Trinajstić information content (AvgIpc) is 2.30. The summed E-state index contributed by atoms with van der Waals surface area (Å²) in [6.45, 7) is 7.11. The van der Waals surface area contributed by atoms with Crippen molar-refractivity contribution in [1.82, 2.24) is 0 Å². The van der Waals surface area contributed by atoms with Crippen molar-refractivity contribution in [3.05, 3.63) is 29.8 Å². The molecule has 0 aromatic heterocycles. The van der Waals surface area contributed by atoms with Gasteiger partial charge in [-0.3, -0.25) is 0 Å². The molecule has 0 atom stereocenters. The number of hydrogen-bond acceptors (Lipinski definition) is 2. The van der Waals surface area contributed by atoms with Crippen LogP contribution < -0.4 is 4.74 Å². The first-order chi connectivity index (χ1) is 7.60. The summed E-state index contributed by atoms with van der Waals surface area (Å²) in [6.07, 6.45) is 2.43. The number of rotatable bonds is 6. The lowest BCUT2D eigenvalue weighted by Gasteiger charge is -2.23. The summed E-state index contributed by atoms with van der Waals surface area (Å²) in [7, 11) is 0. The highest BCUT2D eigenvalue weighted by Crippen LogP contribution is 2.27. The van der Waals surface area contributed by atoms with Gasteiger partial charge in [0.05, 0.1) is 6.61 Å². The molecule has 1 aromatic rings. The van der Waals surface area contributed by atoms with Crippen LogP contribution in [-0.4, -0.2) is 12.9 Å². The largest absolute Gasteiger partial charge is 0.493 e. The number of hydrogen-bond donors (Lipinski definition) is 0. The number of carbonyl (C=O) groups is 1. The normalized spacial score (nSPS) is 11.2. The van der Waals surface area contributed by atoms with Gasteiger partial charge >= 0.3 is 0 Å². The van der Waals surface area contributed by atoms with Gasteiger partial charge in [0.2, 0.25) is 0 Å². The van der Waals surface area contributed by atoms with Gasteiger partial charge in [-0.2, -0.15) is 0 Å². The molecule has 0 aliphatic rings. The minimum Gasteiger partial charge on any atom is -0.493 e. The lowest BCUT2D eigenvalue weighted by Crippen LogP contribution is -2.15. The maximum absolute atomic E-state index is 10.1. The standard InChI is InChI=1S/C14H20O2/c1-4-14(2,3)12-6-8-13(9-7-12)16-11-5-10-15/h6-10H,4-5,11H2,1-3H3. The van der Waals surface area contributed by atoms with E-state index in [0.29, 0.717) is 13.0 Å². The molecule has 0 unspecified atom stereocenters. The van der Waals surface area contributed by atoms with E-state index in [2.05, 4.69) is 32.9 Å². The molecule has 0 amide bonds. The zero-order chi connectivity index (χ0) is 12.0. The SMILES string of the molecule is CCC(C)(C)c1ccc(OCCC=O)cc1. The van der Waals surface area contributed by atoms with Gasteiger partial charge in [0.1, 0.15) is 12.0 Å². The van der Waals surface area contributed by atoms with Gasteiger partial charge in [-0.1, -0.05) is 32.9 Å². The molecule has 0 aliphatic carbocycles. The molecule has 0 spiro atoms. The zero-order valence-corrected chi connectivity index (χ0v) is 10.3. The van der Waals surface area contributed by atoms with E-state index >= 15 is 0 Å². The first kappa shape index (κ1) is 12.8. The molecule has 0 fully saturated rings. The van der Waals surface area contributed by atoms with Gasteiger partial charge in [-0.25, -0.2) is 0 Å². The lowest BCUT2D eigenvalue weighted by molar-refractivity contribution is -0.108. The number of carbonyl (C=O) groups excluding carboxylic acids is 1. The Kier molecular flexibility index (Phi) is 4.53.